The third-order valence-electron chi connectivity index (χ3n) is 5.40. The summed E-state index contributed by atoms with van der Waals surface area (Å²) in [6.07, 6.45) is 3.38. The van der Waals surface area contributed by atoms with Gasteiger partial charge in [-0.3, -0.25) is 9.36 Å². The van der Waals surface area contributed by atoms with Crippen LogP contribution in [0.1, 0.15) is 24.1 Å². The molecule has 3 aromatic rings. The van der Waals surface area contributed by atoms with Crippen LogP contribution in [0.2, 0.25) is 0 Å². The molecule has 0 N–H and O–H groups in total. The molecule has 0 spiro atoms. The fourth-order valence-corrected chi connectivity index (χ4v) is 4.81. The summed E-state index contributed by atoms with van der Waals surface area (Å²) in [7, 11) is 3.97. The van der Waals surface area contributed by atoms with Crippen LogP contribution in [-0.2, 0) is 9.53 Å². The molecule has 7 heteroatoms. The Morgan fingerprint density at radius 2 is 1.88 bits per heavy atom. The monoisotopic (exact) mass is 459 g/mol. The van der Waals surface area contributed by atoms with Crippen molar-refractivity contribution in [2.45, 2.75) is 13.0 Å². The van der Waals surface area contributed by atoms with Gasteiger partial charge in [0.2, 0.25) is 0 Å². The number of ether oxygens (including phenoxy) is 1. The normalized spacial score (nSPS) is 15.6. The predicted molar refractivity (Wildman–Crippen MR) is 132 cm³/mol. The summed E-state index contributed by atoms with van der Waals surface area (Å²) in [5.41, 5.74) is 3.53. The van der Waals surface area contributed by atoms with Crippen molar-refractivity contribution in [3.63, 3.8) is 0 Å². The minimum absolute atomic E-state index is 0.0878. The molecule has 1 unspecified atom stereocenters. The summed E-state index contributed by atoms with van der Waals surface area (Å²) in [6.45, 7) is 5.47. The number of esters is 1. The lowest BCUT2D eigenvalue weighted by atomic mass is 9.96. The molecule has 4 rings (SSSR count). The van der Waals surface area contributed by atoms with Crippen molar-refractivity contribution in [3.05, 3.63) is 109 Å². The Hall–Kier alpha value is -3.71. The molecule has 2 aromatic carbocycles. The second-order valence-corrected chi connectivity index (χ2v) is 8.87. The Morgan fingerprint density at radius 1 is 1.18 bits per heavy atom. The number of aromatic nitrogens is 1. The first-order valence-electron chi connectivity index (χ1n) is 10.5. The highest BCUT2D eigenvalue weighted by atomic mass is 32.1. The molecule has 1 aromatic heterocycles. The van der Waals surface area contributed by atoms with Crippen LogP contribution >= 0.6 is 11.3 Å². The summed E-state index contributed by atoms with van der Waals surface area (Å²) < 4.78 is 7.49. The molecule has 1 aliphatic rings. The van der Waals surface area contributed by atoms with E-state index in [0.29, 0.717) is 20.6 Å². The number of anilines is 1. The van der Waals surface area contributed by atoms with Crippen LogP contribution in [0.4, 0.5) is 5.69 Å². The van der Waals surface area contributed by atoms with Crippen molar-refractivity contribution < 1.29 is 9.53 Å². The van der Waals surface area contributed by atoms with E-state index in [-0.39, 0.29) is 12.2 Å². The first-order valence-corrected chi connectivity index (χ1v) is 11.3. The second-order valence-electron chi connectivity index (χ2n) is 7.87. The van der Waals surface area contributed by atoms with E-state index in [2.05, 4.69) is 11.6 Å². The molecule has 0 aliphatic carbocycles. The van der Waals surface area contributed by atoms with Crippen molar-refractivity contribution in [3.8, 4) is 0 Å². The minimum atomic E-state index is -0.613. The zero-order valence-electron chi connectivity index (χ0n) is 18.8. The van der Waals surface area contributed by atoms with Crippen molar-refractivity contribution in [2.75, 3.05) is 25.6 Å². The fraction of sp³-hybridized carbons (Fsp3) is 0.192. The molecule has 33 heavy (non-hydrogen) atoms. The molecule has 1 atom stereocenters. The number of benzene rings is 2. The average molecular weight is 460 g/mol. The molecule has 0 fully saturated rings. The number of hydrogen-bond acceptors (Lipinski definition) is 6. The Labute approximate surface area is 196 Å². The van der Waals surface area contributed by atoms with Gasteiger partial charge in [0.15, 0.2) is 4.80 Å². The van der Waals surface area contributed by atoms with Crippen LogP contribution in [0.15, 0.2) is 88.3 Å². The first-order chi connectivity index (χ1) is 15.9. The first kappa shape index (κ1) is 22.5. The number of fused-ring (bicyclic) bond motifs is 1. The van der Waals surface area contributed by atoms with Crippen molar-refractivity contribution in [2.24, 2.45) is 4.99 Å². The number of allylic oxidation sites excluding steroid dienone is 1. The maximum Gasteiger partial charge on any atom is 0.338 e. The van der Waals surface area contributed by atoms with Crippen molar-refractivity contribution in [1.82, 2.24) is 4.57 Å². The van der Waals surface area contributed by atoms with E-state index in [1.807, 2.05) is 79.7 Å². The van der Waals surface area contributed by atoms with Crippen LogP contribution in [0.5, 0.6) is 0 Å². The maximum absolute atomic E-state index is 13.5. The van der Waals surface area contributed by atoms with Gasteiger partial charge in [0.1, 0.15) is 6.61 Å². The Kier molecular flexibility index (Phi) is 6.42. The molecule has 0 saturated carbocycles. The van der Waals surface area contributed by atoms with Gasteiger partial charge in [-0.1, -0.05) is 66.5 Å². The number of carbonyl (C=O) groups is 1. The van der Waals surface area contributed by atoms with Gasteiger partial charge < -0.3 is 9.64 Å². The molecule has 0 saturated heterocycles. The van der Waals surface area contributed by atoms with Gasteiger partial charge >= 0.3 is 5.97 Å². The summed E-state index contributed by atoms with van der Waals surface area (Å²) >= 11 is 1.32. The molecule has 0 radical (unpaired) electrons. The van der Waals surface area contributed by atoms with Gasteiger partial charge in [-0.15, -0.1) is 0 Å². The highest BCUT2D eigenvalue weighted by molar-refractivity contribution is 7.07. The summed E-state index contributed by atoms with van der Waals surface area (Å²) in [6, 6.07) is 16.8. The maximum atomic E-state index is 13.5. The highest BCUT2D eigenvalue weighted by Crippen LogP contribution is 2.30. The Bertz CT molecular complexity index is 1400. The lowest BCUT2D eigenvalue weighted by Crippen LogP contribution is -2.39. The minimum Gasteiger partial charge on any atom is -0.458 e. The summed E-state index contributed by atoms with van der Waals surface area (Å²) in [4.78, 5) is 33.7. The van der Waals surface area contributed by atoms with Gasteiger partial charge in [-0.2, -0.15) is 0 Å². The topological polar surface area (TPSA) is 63.9 Å². The van der Waals surface area contributed by atoms with Crippen LogP contribution in [-0.4, -0.2) is 31.2 Å². The largest absolute Gasteiger partial charge is 0.458 e. The average Bonchev–Trinajstić information content (AvgIpc) is 3.11. The highest BCUT2D eigenvalue weighted by Gasteiger charge is 2.33. The second kappa shape index (κ2) is 9.42. The van der Waals surface area contributed by atoms with E-state index in [0.717, 1.165) is 16.8 Å². The molecule has 168 valence electrons. The number of hydrogen-bond donors (Lipinski definition) is 0. The molecule has 1 aliphatic heterocycles. The number of carbonyl (C=O) groups excluding carboxylic acids is 1. The van der Waals surface area contributed by atoms with E-state index < -0.39 is 12.0 Å². The SMILES string of the molecule is C=CCOC(=O)C1=C(C)N=c2s/c(=C\c3ccc(N(C)C)cc3)c(=O)n2C1c1ccccc1. The van der Waals surface area contributed by atoms with Gasteiger partial charge in [0.25, 0.3) is 5.56 Å². The van der Waals surface area contributed by atoms with Gasteiger partial charge in [0.05, 0.1) is 21.8 Å². The Morgan fingerprint density at radius 3 is 2.52 bits per heavy atom. The number of rotatable bonds is 6. The van der Waals surface area contributed by atoms with Gasteiger partial charge in [-0.25, -0.2) is 9.79 Å². The van der Waals surface area contributed by atoms with E-state index in [4.69, 9.17) is 4.74 Å². The van der Waals surface area contributed by atoms with Crippen LogP contribution in [0, 0.1) is 0 Å². The molecule has 0 amide bonds. The van der Waals surface area contributed by atoms with Crippen molar-refractivity contribution >= 4 is 29.1 Å². The van der Waals surface area contributed by atoms with E-state index in [1.165, 1.54) is 17.4 Å². The smallest absolute Gasteiger partial charge is 0.338 e. The quantitative estimate of drug-likeness (QED) is 0.420. The van der Waals surface area contributed by atoms with E-state index >= 15 is 0 Å². The molecular formula is C26H25N3O3S. The molecular weight excluding hydrogens is 434 g/mol. The number of thiazole rings is 1. The predicted octanol–water partition coefficient (Wildman–Crippen LogP) is 3.03. The molecule has 2 heterocycles. The third-order valence-corrected chi connectivity index (χ3v) is 6.38. The van der Waals surface area contributed by atoms with E-state index in [1.54, 1.807) is 11.5 Å². The summed E-state index contributed by atoms with van der Waals surface area (Å²) in [5.74, 6) is -0.501. The van der Waals surface area contributed by atoms with Crippen LogP contribution < -0.4 is 19.8 Å². The fourth-order valence-electron chi connectivity index (χ4n) is 3.77. The molecule has 0 bridgehead atoms. The van der Waals surface area contributed by atoms with Gasteiger partial charge in [0, 0.05) is 19.8 Å². The van der Waals surface area contributed by atoms with Crippen LogP contribution in [0.3, 0.4) is 0 Å². The zero-order valence-corrected chi connectivity index (χ0v) is 19.6. The number of nitrogens with zero attached hydrogens (tertiary/aromatic N) is 3. The third kappa shape index (κ3) is 4.45. The van der Waals surface area contributed by atoms with E-state index in [9.17, 15) is 9.59 Å². The lowest BCUT2D eigenvalue weighted by molar-refractivity contribution is -0.138. The van der Waals surface area contributed by atoms with Crippen LogP contribution in [0.25, 0.3) is 6.08 Å². The standard InChI is InChI=1S/C26H25N3O3S/c1-5-15-32-25(31)22-17(2)27-26-29(23(22)19-9-7-6-8-10-19)24(30)21(33-26)16-18-11-13-20(14-12-18)28(3)4/h5-14,16,23H,1,15H2,2-4H3/b21-16-. The molecule has 6 nitrogen and oxygen atoms in total. The van der Waals surface area contributed by atoms with Crippen molar-refractivity contribution in [1.29, 1.82) is 0 Å². The Balaban J connectivity index is 1.87. The lowest BCUT2D eigenvalue weighted by Gasteiger charge is -2.24. The zero-order chi connectivity index (χ0) is 23.5. The van der Waals surface area contributed by atoms with Gasteiger partial charge in [-0.05, 0) is 36.3 Å². The summed E-state index contributed by atoms with van der Waals surface area (Å²) in [5, 5.41) is 0.